The van der Waals surface area contributed by atoms with E-state index in [0.29, 0.717) is 22.0 Å². The standard InChI is InChI=1S/C15H21NO4S2/c1-4-12-5-6-15(21-12)22(18,19)16-8-7-14(17)13-9-10(2)20-11(13)3/h5-6,9,14,16-17H,4,7-8H2,1-3H3/t14-/m0/s1. The summed E-state index contributed by atoms with van der Waals surface area (Å²) in [5, 5.41) is 10.1. The molecule has 2 rings (SSSR count). The Kier molecular flexibility index (Phi) is 5.44. The first-order valence-electron chi connectivity index (χ1n) is 7.17. The van der Waals surface area contributed by atoms with Crippen molar-refractivity contribution < 1.29 is 17.9 Å². The van der Waals surface area contributed by atoms with Crippen molar-refractivity contribution in [3.63, 3.8) is 0 Å². The van der Waals surface area contributed by atoms with Gasteiger partial charge in [-0.15, -0.1) is 11.3 Å². The number of hydrogen-bond acceptors (Lipinski definition) is 5. The summed E-state index contributed by atoms with van der Waals surface area (Å²) in [6.45, 7) is 5.76. The van der Waals surface area contributed by atoms with Crippen molar-refractivity contribution in [1.82, 2.24) is 4.72 Å². The summed E-state index contributed by atoms with van der Waals surface area (Å²) in [6, 6.07) is 5.22. The second-order valence-electron chi connectivity index (χ2n) is 5.15. The molecule has 2 aromatic heterocycles. The number of aliphatic hydroxyl groups is 1. The average Bonchev–Trinajstić information content (AvgIpc) is 3.05. The Labute approximate surface area is 135 Å². The predicted octanol–water partition coefficient (Wildman–Crippen LogP) is 2.92. The molecule has 122 valence electrons. The fourth-order valence-electron chi connectivity index (χ4n) is 2.23. The van der Waals surface area contributed by atoms with E-state index < -0.39 is 16.1 Å². The van der Waals surface area contributed by atoms with Gasteiger partial charge in [0.1, 0.15) is 15.7 Å². The van der Waals surface area contributed by atoms with Crippen LogP contribution in [0, 0.1) is 13.8 Å². The van der Waals surface area contributed by atoms with Gasteiger partial charge < -0.3 is 9.52 Å². The topological polar surface area (TPSA) is 79.5 Å². The van der Waals surface area contributed by atoms with Crippen molar-refractivity contribution >= 4 is 21.4 Å². The lowest BCUT2D eigenvalue weighted by Crippen LogP contribution is -2.25. The van der Waals surface area contributed by atoms with Crippen LogP contribution < -0.4 is 4.72 Å². The van der Waals surface area contributed by atoms with E-state index in [1.807, 2.05) is 19.9 Å². The quantitative estimate of drug-likeness (QED) is 0.810. The van der Waals surface area contributed by atoms with Gasteiger partial charge in [0.25, 0.3) is 0 Å². The van der Waals surface area contributed by atoms with Crippen molar-refractivity contribution in [3.8, 4) is 0 Å². The van der Waals surface area contributed by atoms with Gasteiger partial charge >= 0.3 is 0 Å². The Hall–Kier alpha value is -1.15. The molecule has 0 amide bonds. The van der Waals surface area contributed by atoms with E-state index >= 15 is 0 Å². The molecule has 22 heavy (non-hydrogen) atoms. The molecule has 0 aliphatic rings. The fraction of sp³-hybridized carbons (Fsp3) is 0.467. The Balaban J connectivity index is 1.93. The zero-order valence-corrected chi connectivity index (χ0v) is 14.6. The molecular weight excluding hydrogens is 322 g/mol. The van der Waals surface area contributed by atoms with E-state index in [4.69, 9.17) is 4.42 Å². The maximum Gasteiger partial charge on any atom is 0.250 e. The van der Waals surface area contributed by atoms with Crippen LogP contribution in [0.1, 0.15) is 41.4 Å². The largest absolute Gasteiger partial charge is 0.466 e. The molecular formula is C15H21NO4S2. The molecule has 0 spiro atoms. The third-order valence-corrected chi connectivity index (χ3v) is 6.58. The first-order valence-corrected chi connectivity index (χ1v) is 9.47. The molecule has 7 heteroatoms. The van der Waals surface area contributed by atoms with Crippen molar-refractivity contribution in [2.24, 2.45) is 0 Å². The van der Waals surface area contributed by atoms with Crippen molar-refractivity contribution in [2.45, 2.75) is 43.9 Å². The van der Waals surface area contributed by atoms with Crippen LogP contribution in [0.25, 0.3) is 0 Å². The van der Waals surface area contributed by atoms with Gasteiger partial charge in [-0.1, -0.05) is 6.92 Å². The summed E-state index contributed by atoms with van der Waals surface area (Å²) in [6.07, 6.45) is 0.373. The first kappa shape index (κ1) is 17.2. The highest BCUT2D eigenvalue weighted by molar-refractivity contribution is 7.91. The lowest BCUT2D eigenvalue weighted by Gasteiger charge is -2.10. The second-order valence-corrected chi connectivity index (χ2v) is 8.31. The van der Waals surface area contributed by atoms with Gasteiger partial charge in [0.2, 0.25) is 10.0 Å². The molecule has 2 N–H and O–H groups in total. The van der Waals surface area contributed by atoms with Crippen LogP contribution in [0.5, 0.6) is 0 Å². The highest BCUT2D eigenvalue weighted by Crippen LogP contribution is 2.24. The zero-order chi connectivity index (χ0) is 16.3. The number of hydrogen-bond donors (Lipinski definition) is 2. The van der Waals surface area contributed by atoms with Crippen LogP contribution in [0.2, 0.25) is 0 Å². The minimum atomic E-state index is -3.50. The third-order valence-electron chi connectivity index (χ3n) is 3.40. The molecule has 1 atom stereocenters. The van der Waals surface area contributed by atoms with Gasteiger partial charge in [-0.2, -0.15) is 0 Å². The van der Waals surface area contributed by atoms with E-state index in [0.717, 1.165) is 17.1 Å². The summed E-state index contributed by atoms with van der Waals surface area (Å²) in [5.74, 6) is 1.40. The number of aliphatic hydroxyl groups excluding tert-OH is 1. The molecule has 0 aromatic carbocycles. The number of nitrogens with one attached hydrogen (secondary N) is 1. The van der Waals surface area contributed by atoms with Crippen LogP contribution in [0.15, 0.2) is 26.8 Å². The zero-order valence-electron chi connectivity index (χ0n) is 12.9. The Morgan fingerprint density at radius 2 is 2.09 bits per heavy atom. The van der Waals surface area contributed by atoms with E-state index in [9.17, 15) is 13.5 Å². The van der Waals surface area contributed by atoms with Crippen LogP contribution >= 0.6 is 11.3 Å². The Morgan fingerprint density at radius 1 is 1.36 bits per heavy atom. The van der Waals surface area contributed by atoms with Gasteiger partial charge in [-0.3, -0.25) is 0 Å². The lowest BCUT2D eigenvalue weighted by atomic mass is 10.1. The molecule has 0 unspecified atom stereocenters. The number of thiophene rings is 1. The van der Waals surface area contributed by atoms with Gasteiger partial charge in [-0.05, 0) is 44.9 Å². The van der Waals surface area contributed by atoms with Crippen molar-refractivity contribution in [2.75, 3.05) is 6.54 Å². The van der Waals surface area contributed by atoms with Crippen molar-refractivity contribution in [1.29, 1.82) is 0 Å². The van der Waals surface area contributed by atoms with Crippen LogP contribution in [0.4, 0.5) is 0 Å². The number of sulfonamides is 1. The van der Waals surface area contributed by atoms with Gasteiger partial charge in [0.15, 0.2) is 0 Å². The monoisotopic (exact) mass is 343 g/mol. The normalized spacial score (nSPS) is 13.5. The highest BCUT2D eigenvalue weighted by Gasteiger charge is 2.18. The molecule has 0 saturated carbocycles. The third kappa shape index (κ3) is 3.98. The van der Waals surface area contributed by atoms with Crippen LogP contribution in [-0.2, 0) is 16.4 Å². The molecule has 0 saturated heterocycles. The molecule has 0 bridgehead atoms. The van der Waals surface area contributed by atoms with E-state index in [2.05, 4.69) is 4.72 Å². The maximum atomic E-state index is 12.1. The lowest BCUT2D eigenvalue weighted by molar-refractivity contribution is 0.167. The fourth-order valence-corrected chi connectivity index (χ4v) is 4.62. The second kappa shape index (κ2) is 6.95. The van der Waals surface area contributed by atoms with E-state index in [-0.39, 0.29) is 6.54 Å². The molecule has 0 fully saturated rings. The summed E-state index contributed by atoms with van der Waals surface area (Å²) >= 11 is 1.27. The summed E-state index contributed by atoms with van der Waals surface area (Å²) in [4.78, 5) is 1.03. The average molecular weight is 343 g/mol. The van der Waals surface area contributed by atoms with E-state index in [1.54, 1.807) is 19.1 Å². The number of aryl methyl sites for hydroxylation is 3. The SMILES string of the molecule is CCc1ccc(S(=O)(=O)NCC[C@H](O)c2cc(C)oc2C)s1. The summed E-state index contributed by atoms with van der Waals surface area (Å²) in [7, 11) is -3.50. The minimum absolute atomic E-state index is 0.173. The van der Waals surface area contributed by atoms with Gasteiger partial charge in [-0.25, -0.2) is 13.1 Å². The molecule has 2 heterocycles. The summed E-state index contributed by atoms with van der Waals surface area (Å²) in [5.41, 5.74) is 0.709. The van der Waals surface area contributed by atoms with Gasteiger partial charge in [0.05, 0.1) is 6.10 Å². The molecule has 2 aromatic rings. The van der Waals surface area contributed by atoms with Crippen molar-refractivity contribution in [3.05, 3.63) is 40.2 Å². The Morgan fingerprint density at radius 3 is 2.64 bits per heavy atom. The van der Waals surface area contributed by atoms with Gasteiger partial charge in [0, 0.05) is 17.0 Å². The highest BCUT2D eigenvalue weighted by atomic mass is 32.2. The smallest absolute Gasteiger partial charge is 0.250 e. The Bertz CT molecular complexity index is 731. The molecule has 0 aliphatic heterocycles. The molecule has 5 nitrogen and oxygen atoms in total. The van der Waals surface area contributed by atoms with Crippen LogP contribution in [0.3, 0.4) is 0 Å². The number of furan rings is 1. The minimum Gasteiger partial charge on any atom is -0.466 e. The summed E-state index contributed by atoms with van der Waals surface area (Å²) < 4.78 is 32.5. The van der Waals surface area contributed by atoms with E-state index in [1.165, 1.54) is 11.3 Å². The predicted molar refractivity (Wildman–Crippen MR) is 86.6 cm³/mol. The molecule has 0 aliphatic carbocycles. The number of rotatable bonds is 7. The molecule has 0 radical (unpaired) electrons. The van der Waals surface area contributed by atoms with Crippen LogP contribution in [-0.4, -0.2) is 20.1 Å². The maximum absolute atomic E-state index is 12.1. The first-order chi connectivity index (χ1) is 10.3.